The quantitative estimate of drug-likeness (QED) is 0.456. The summed E-state index contributed by atoms with van der Waals surface area (Å²) < 4.78 is 6.02. The summed E-state index contributed by atoms with van der Waals surface area (Å²) >= 11 is 0. The van der Waals surface area contributed by atoms with Crippen LogP contribution in [0.5, 0.6) is 5.88 Å². The van der Waals surface area contributed by atoms with Crippen LogP contribution >= 0.6 is 24.0 Å². The first kappa shape index (κ1) is 17.3. The molecule has 1 heterocycles. The molecule has 2 aliphatic carbocycles. The van der Waals surface area contributed by atoms with E-state index in [1.54, 1.807) is 6.20 Å². The van der Waals surface area contributed by atoms with E-state index >= 15 is 0 Å². The third kappa shape index (κ3) is 4.47. The van der Waals surface area contributed by atoms with Crippen LogP contribution in [0.2, 0.25) is 0 Å². The van der Waals surface area contributed by atoms with Gasteiger partial charge >= 0.3 is 0 Å². The predicted molar refractivity (Wildman–Crippen MR) is 98.6 cm³/mol. The predicted octanol–water partition coefficient (Wildman–Crippen LogP) is 2.93. The van der Waals surface area contributed by atoms with Gasteiger partial charge in [0.1, 0.15) is 6.10 Å². The van der Waals surface area contributed by atoms with Gasteiger partial charge in [-0.15, -0.1) is 24.0 Å². The molecule has 0 amide bonds. The molecule has 0 atom stereocenters. The fourth-order valence-electron chi connectivity index (χ4n) is 2.74. The maximum atomic E-state index is 6.03. The molecular formula is C16H25IN4O. The van der Waals surface area contributed by atoms with Gasteiger partial charge < -0.3 is 15.4 Å². The molecule has 0 aliphatic heterocycles. The number of nitrogens with zero attached hydrogens (tertiary/aromatic N) is 3. The fourth-order valence-corrected chi connectivity index (χ4v) is 2.74. The van der Waals surface area contributed by atoms with Gasteiger partial charge in [0.15, 0.2) is 5.96 Å². The van der Waals surface area contributed by atoms with Crippen LogP contribution in [-0.4, -0.2) is 35.0 Å². The van der Waals surface area contributed by atoms with Gasteiger partial charge in [0, 0.05) is 24.8 Å². The first-order valence-electron chi connectivity index (χ1n) is 7.87. The van der Waals surface area contributed by atoms with Crippen LogP contribution in [0, 0.1) is 0 Å². The molecule has 0 bridgehead atoms. The van der Waals surface area contributed by atoms with Crippen molar-refractivity contribution >= 4 is 29.9 Å². The Kier molecular flexibility index (Phi) is 6.28. The highest BCUT2D eigenvalue weighted by Crippen LogP contribution is 2.26. The van der Waals surface area contributed by atoms with Crippen molar-refractivity contribution < 1.29 is 4.74 Å². The van der Waals surface area contributed by atoms with Gasteiger partial charge in [-0.3, -0.25) is 0 Å². The topological polar surface area (TPSA) is 63.7 Å². The minimum atomic E-state index is 0. The maximum Gasteiger partial charge on any atom is 0.218 e. The van der Waals surface area contributed by atoms with E-state index in [9.17, 15) is 0 Å². The number of hydrogen-bond acceptors (Lipinski definition) is 3. The number of pyridine rings is 1. The van der Waals surface area contributed by atoms with Crippen LogP contribution in [0.4, 0.5) is 0 Å². The van der Waals surface area contributed by atoms with Crippen molar-refractivity contribution in [3.8, 4) is 5.88 Å². The molecule has 0 radical (unpaired) electrons. The van der Waals surface area contributed by atoms with Crippen molar-refractivity contribution in [3.05, 3.63) is 23.9 Å². The second-order valence-corrected chi connectivity index (χ2v) is 6.01. The smallest absolute Gasteiger partial charge is 0.218 e. The SMILES string of the molecule is CN(C(N)=NCc1cccnc1OC1CCCC1)C1CC1.I. The summed E-state index contributed by atoms with van der Waals surface area (Å²) in [6, 6.07) is 4.52. The van der Waals surface area contributed by atoms with Crippen LogP contribution < -0.4 is 10.5 Å². The molecule has 2 aliphatic rings. The number of ether oxygens (including phenoxy) is 1. The molecule has 0 aromatic carbocycles. The molecule has 5 nitrogen and oxygen atoms in total. The van der Waals surface area contributed by atoms with Crippen molar-refractivity contribution in [2.45, 2.75) is 57.2 Å². The summed E-state index contributed by atoms with van der Waals surface area (Å²) in [4.78, 5) is 10.9. The minimum absolute atomic E-state index is 0. The molecule has 0 unspecified atom stereocenters. The van der Waals surface area contributed by atoms with E-state index in [-0.39, 0.29) is 24.0 Å². The number of nitrogens with two attached hydrogens (primary N) is 1. The van der Waals surface area contributed by atoms with Crippen LogP contribution in [0.1, 0.15) is 44.1 Å². The van der Waals surface area contributed by atoms with Crippen molar-refractivity contribution in [2.24, 2.45) is 10.7 Å². The Morgan fingerprint density at radius 1 is 1.36 bits per heavy atom. The van der Waals surface area contributed by atoms with E-state index in [4.69, 9.17) is 10.5 Å². The molecule has 122 valence electrons. The van der Waals surface area contributed by atoms with Crippen LogP contribution in [0.15, 0.2) is 23.3 Å². The Balaban J connectivity index is 0.00000176. The summed E-state index contributed by atoms with van der Waals surface area (Å²) in [5.41, 5.74) is 7.05. The summed E-state index contributed by atoms with van der Waals surface area (Å²) in [5.74, 6) is 1.32. The average Bonchev–Trinajstić information content (AvgIpc) is 3.23. The van der Waals surface area contributed by atoms with E-state index in [2.05, 4.69) is 14.9 Å². The molecule has 22 heavy (non-hydrogen) atoms. The van der Waals surface area contributed by atoms with Crippen molar-refractivity contribution in [1.82, 2.24) is 9.88 Å². The summed E-state index contributed by atoms with van der Waals surface area (Å²) in [7, 11) is 2.01. The second kappa shape index (κ2) is 7.99. The fraction of sp³-hybridized carbons (Fsp3) is 0.625. The molecule has 6 heteroatoms. The number of aromatic nitrogens is 1. The number of rotatable bonds is 5. The largest absolute Gasteiger partial charge is 0.474 e. The van der Waals surface area contributed by atoms with Gasteiger partial charge in [-0.25, -0.2) is 9.98 Å². The number of aliphatic imine (C=N–C) groups is 1. The van der Waals surface area contributed by atoms with E-state index in [0.29, 0.717) is 24.7 Å². The average molecular weight is 416 g/mol. The lowest BCUT2D eigenvalue weighted by Crippen LogP contribution is -2.35. The Labute approximate surface area is 149 Å². The van der Waals surface area contributed by atoms with E-state index < -0.39 is 0 Å². The van der Waals surface area contributed by atoms with Crippen LogP contribution in [-0.2, 0) is 6.54 Å². The monoisotopic (exact) mass is 416 g/mol. The Bertz CT molecular complexity index is 513. The van der Waals surface area contributed by atoms with Crippen molar-refractivity contribution in [1.29, 1.82) is 0 Å². The molecule has 0 spiro atoms. The zero-order chi connectivity index (χ0) is 14.7. The first-order valence-corrected chi connectivity index (χ1v) is 7.87. The van der Waals surface area contributed by atoms with Gasteiger partial charge in [-0.05, 0) is 44.6 Å². The van der Waals surface area contributed by atoms with Gasteiger partial charge in [0.05, 0.1) is 6.54 Å². The molecular weight excluding hydrogens is 391 g/mol. The summed E-state index contributed by atoms with van der Waals surface area (Å²) in [6.07, 6.45) is 9.29. The van der Waals surface area contributed by atoms with Gasteiger partial charge in [0.2, 0.25) is 5.88 Å². The third-order valence-electron chi connectivity index (χ3n) is 4.30. The molecule has 2 fully saturated rings. The Morgan fingerprint density at radius 2 is 2.09 bits per heavy atom. The highest BCUT2D eigenvalue weighted by molar-refractivity contribution is 14.0. The highest BCUT2D eigenvalue weighted by atomic mass is 127. The van der Waals surface area contributed by atoms with Crippen molar-refractivity contribution in [3.63, 3.8) is 0 Å². The second-order valence-electron chi connectivity index (χ2n) is 6.01. The standard InChI is InChI=1S/C16H24N4O.HI/c1-20(13-8-9-13)16(17)19-11-12-5-4-10-18-15(12)21-14-6-2-3-7-14;/h4-5,10,13-14H,2-3,6-9,11H2,1H3,(H2,17,19);1H. The summed E-state index contributed by atoms with van der Waals surface area (Å²) in [5, 5.41) is 0. The lowest BCUT2D eigenvalue weighted by Gasteiger charge is -2.17. The summed E-state index contributed by atoms with van der Waals surface area (Å²) in [6.45, 7) is 0.527. The molecule has 1 aromatic rings. The molecule has 1 aromatic heterocycles. The lowest BCUT2D eigenvalue weighted by molar-refractivity contribution is 0.199. The third-order valence-corrected chi connectivity index (χ3v) is 4.30. The molecule has 0 saturated heterocycles. The first-order chi connectivity index (χ1) is 10.2. The van der Waals surface area contributed by atoms with E-state index in [0.717, 1.165) is 24.3 Å². The zero-order valence-electron chi connectivity index (χ0n) is 13.1. The maximum absolute atomic E-state index is 6.03. The number of halogens is 1. The lowest BCUT2D eigenvalue weighted by atomic mass is 10.2. The van der Waals surface area contributed by atoms with Gasteiger partial charge in [-0.1, -0.05) is 6.07 Å². The molecule has 3 rings (SSSR count). The van der Waals surface area contributed by atoms with E-state index in [1.807, 2.05) is 19.2 Å². The van der Waals surface area contributed by atoms with Crippen LogP contribution in [0.25, 0.3) is 0 Å². The molecule has 2 N–H and O–H groups in total. The number of hydrogen-bond donors (Lipinski definition) is 1. The van der Waals surface area contributed by atoms with Crippen molar-refractivity contribution in [2.75, 3.05) is 7.05 Å². The zero-order valence-corrected chi connectivity index (χ0v) is 15.4. The number of guanidine groups is 1. The molecule has 2 saturated carbocycles. The Morgan fingerprint density at radius 3 is 2.77 bits per heavy atom. The van der Waals surface area contributed by atoms with Gasteiger partial charge in [-0.2, -0.15) is 0 Å². The van der Waals surface area contributed by atoms with E-state index in [1.165, 1.54) is 25.7 Å². The highest BCUT2D eigenvalue weighted by Gasteiger charge is 2.27. The minimum Gasteiger partial charge on any atom is -0.474 e. The van der Waals surface area contributed by atoms with Crippen LogP contribution in [0.3, 0.4) is 0 Å². The van der Waals surface area contributed by atoms with Gasteiger partial charge in [0.25, 0.3) is 0 Å². The normalized spacial score (nSPS) is 18.9. The Hall–Kier alpha value is -1.05.